The maximum atomic E-state index is 11.5. The molecule has 0 saturated heterocycles. The Bertz CT molecular complexity index is 303. The van der Waals surface area contributed by atoms with E-state index in [1.54, 1.807) is 6.92 Å². The van der Waals surface area contributed by atoms with E-state index < -0.39 is 9.84 Å². The van der Waals surface area contributed by atoms with Gasteiger partial charge in [-0.05, 0) is 37.6 Å². The molecule has 0 aromatic heterocycles. The van der Waals surface area contributed by atoms with Crippen LogP contribution in [0.25, 0.3) is 0 Å². The summed E-state index contributed by atoms with van der Waals surface area (Å²) in [6.07, 6.45) is 9.31. The minimum atomic E-state index is -2.81. The average Bonchev–Trinajstić information content (AvgIpc) is 2.55. The van der Waals surface area contributed by atoms with E-state index >= 15 is 0 Å². The molecule has 4 heteroatoms. The average molecular weight is 261 g/mol. The van der Waals surface area contributed by atoms with Crippen molar-refractivity contribution in [1.82, 2.24) is 0 Å². The van der Waals surface area contributed by atoms with Crippen LogP contribution in [0.4, 0.5) is 0 Å². The highest BCUT2D eigenvalue weighted by molar-refractivity contribution is 7.91. The molecule has 0 unspecified atom stereocenters. The maximum Gasteiger partial charge on any atom is 0.150 e. The summed E-state index contributed by atoms with van der Waals surface area (Å²) in [6, 6.07) is 0. The molecule has 0 atom stereocenters. The van der Waals surface area contributed by atoms with Gasteiger partial charge in [-0.15, -0.1) is 0 Å². The lowest BCUT2D eigenvalue weighted by Crippen LogP contribution is -2.30. The highest BCUT2D eigenvalue weighted by atomic mass is 32.2. The molecular weight excluding hydrogens is 234 g/mol. The van der Waals surface area contributed by atoms with E-state index in [2.05, 4.69) is 0 Å². The van der Waals surface area contributed by atoms with E-state index in [1.165, 1.54) is 38.5 Å². The van der Waals surface area contributed by atoms with Gasteiger partial charge in [0.05, 0.1) is 5.75 Å². The summed E-state index contributed by atoms with van der Waals surface area (Å²) in [5, 5.41) is 0. The molecule has 0 aliphatic heterocycles. The molecule has 0 radical (unpaired) electrons. The summed E-state index contributed by atoms with van der Waals surface area (Å²) in [5.74, 6) is 0.605. The molecule has 2 N–H and O–H groups in total. The first kappa shape index (κ1) is 15.0. The highest BCUT2D eigenvalue weighted by Gasteiger charge is 2.29. The van der Waals surface area contributed by atoms with Crippen molar-refractivity contribution < 1.29 is 8.42 Å². The zero-order chi connectivity index (χ0) is 12.8. The van der Waals surface area contributed by atoms with Crippen LogP contribution in [0, 0.1) is 5.41 Å². The second-order valence-electron chi connectivity index (χ2n) is 5.46. The Labute approximate surface area is 106 Å². The second-order valence-corrected chi connectivity index (χ2v) is 7.93. The van der Waals surface area contributed by atoms with Crippen LogP contribution in [-0.2, 0) is 9.84 Å². The molecule has 1 fully saturated rings. The van der Waals surface area contributed by atoms with Crippen LogP contribution in [0.1, 0.15) is 58.3 Å². The molecule has 17 heavy (non-hydrogen) atoms. The van der Waals surface area contributed by atoms with Crippen molar-refractivity contribution in [3.05, 3.63) is 0 Å². The van der Waals surface area contributed by atoms with E-state index in [-0.39, 0.29) is 11.2 Å². The van der Waals surface area contributed by atoms with Crippen molar-refractivity contribution in [3.63, 3.8) is 0 Å². The largest absolute Gasteiger partial charge is 0.330 e. The molecule has 0 spiro atoms. The molecule has 1 saturated carbocycles. The van der Waals surface area contributed by atoms with Crippen molar-refractivity contribution in [2.24, 2.45) is 11.1 Å². The van der Waals surface area contributed by atoms with Crippen molar-refractivity contribution in [2.45, 2.75) is 58.3 Å². The van der Waals surface area contributed by atoms with E-state index in [1.807, 2.05) is 0 Å². The Kier molecular flexibility index (Phi) is 5.93. The Morgan fingerprint density at radius 2 is 1.71 bits per heavy atom. The Morgan fingerprint density at radius 1 is 1.12 bits per heavy atom. The summed E-state index contributed by atoms with van der Waals surface area (Å²) < 4.78 is 22.9. The smallest absolute Gasteiger partial charge is 0.150 e. The molecule has 0 bridgehead atoms. The second kappa shape index (κ2) is 6.74. The minimum Gasteiger partial charge on any atom is -0.330 e. The first-order valence-corrected chi connectivity index (χ1v) is 8.76. The van der Waals surface area contributed by atoms with Gasteiger partial charge in [-0.2, -0.15) is 0 Å². The van der Waals surface area contributed by atoms with Gasteiger partial charge in [0.1, 0.15) is 9.84 Å². The zero-order valence-electron chi connectivity index (χ0n) is 11.1. The van der Waals surface area contributed by atoms with Crippen LogP contribution in [0.3, 0.4) is 0 Å². The quantitative estimate of drug-likeness (QED) is 0.747. The molecule has 0 aromatic carbocycles. The molecule has 0 aromatic rings. The maximum absolute atomic E-state index is 11.5. The Morgan fingerprint density at radius 3 is 2.18 bits per heavy atom. The molecule has 102 valence electrons. The lowest BCUT2D eigenvalue weighted by Gasteiger charge is -2.31. The van der Waals surface area contributed by atoms with Gasteiger partial charge in [0.2, 0.25) is 0 Å². The minimum absolute atomic E-state index is 0.236. The van der Waals surface area contributed by atoms with E-state index in [9.17, 15) is 8.42 Å². The number of hydrogen-bond acceptors (Lipinski definition) is 3. The molecule has 1 aliphatic carbocycles. The van der Waals surface area contributed by atoms with Gasteiger partial charge in [0.15, 0.2) is 0 Å². The fourth-order valence-corrected chi connectivity index (χ4v) is 3.72. The predicted molar refractivity (Wildman–Crippen MR) is 72.8 cm³/mol. The third-order valence-electron chi connectivity index (χ3n) is 4.20. The van der Waals surface area contributed by atoms with Gasteiger partial charge >= 0.3 is 0 Å². The van der Waals surface area contributed by atoms with Gasteiger partial charge in [-0.1, -0.05) is 32.6 Å². The standard InChI is InChI=1S/C13H27NO2S/c1-2-17(15,16)11-7-10-13(12-14)8-5-3-4-6-9-13/h2-12,14H2,1H3. The SMILES string of the molecule is CCS(=O)(=O)CCCC1(CN)CCCCCC1. The van der Waals surface area contributed by atoms with Gasteiger partial charge in [0, 0.05) is 5.75 Å². The molecule has 1 rings (SSSR count). The van der Waals surface area contributed by atoms with E-state index in [0.717, 1.165) is 19.4 Å². The predicted octanol–water partition coefficient (Wildman–Crippen LogP) is 2.50. The van der Waals surface area contributed by atoms with Gasteiger partial charge < -0.3 is 5.73 Å². The summed E-state index contributed by atoms with van der Waals surface area (Å²) in [5.41, 5.74) is 6.18. The number of sulfone groups is 1. The molecule has 3 nitrogen and oxygen atoms in total. The van der Waals surface area contributed by atoms with E-state index in [0.29, 0.717) is 5.75 Å². The molecular formula is C13H27NO2S. The third-order valence-corrected chi connectivity index (χ3v) is 5.99. The van der Waals surface area contributed by atoms with Crippen LogP contribution in [0.2, 0.25) is 0 Å². The van der Waals surface area contributed by atoms with Crippen LogP contribution in [0.5, 0.6) is 0 Å². The van der Waals surface area contributed by atoms with Crippen molar-refractivity contribution in [1.29, 1.82) is 0 Å². The third kappa shape index (κ3) is 4.96. The van der Waals surface area contributed by atoms with Gasteiger partial charge in [-0.3, -0.25) is 0 Å². The fourth-order valence-electron chi connectivity index (χ4n) is 2.85. The first-order valence-electron chi connectivity index (χ1n) is 6.94. The summed E-state index contributed by atoms with van der Waals surface area (Å²) in [7, 11) is -2.81. The number of rotatable bonds is 6. The van der Waals surface area contributed by atoms with Crippen LogP contribution in [-0.4, -0.2) is 26.5 Å². The van der Waals surface area contributed by atoms with Crippen LogP contribution >= 0.6 is 0 Å². The van der Waals surface area contributed by atoms with Crippen LogP contribution in [0.15, 0.2) is 0 Å². The Balaban J connectivity index is 2.45. The van der Waals surface area contributed by atoms with Crippen LogP contribution < -0.4 is 5.73 Å². The molecule has 0 heterocycles. The molecule has 1 aliphatic rings. The Hall–Kier alpha value is -0.0900. The molecule has 0 amide bonds. The monoisotopic (exact) mass is 261 g/mol. The van der Waals surface area contributed by atoms with Crippen molar-refractivity contribution >= 4 is 9.84 Å². The normalized spacial score (nSPS) is 21.1. The topological polar surface area (TPSA) is 60.2 Å². The van der Waals surface area contributed by atoms with E-state index in [4.69, 9.17) is 5.73 Å². The van der Waals surface area contributed by atoms with Gasteiger partial charge in [0.25, 0.3) is 0 Å². The summed E-state index contributed by atoms with van der Waals surface area (Å²) in [6.45, 7) is 2.44. The summed E-state index contributed by atoms with van der Waals surface area (Å²) >= 11 is 0. The lowest BCUT2D eigenvalue weighted by atomic mass is 9.77. The van der Waals surface area contributed by atoms with Gasteiger partial charge in [-0.25, -0.2) is 8.42 Å². The lowest BCUT2D eigenvalue weighted by molar-refractivity contribution is 0.231. The zero-order valence-corrected chi connectivity index (χ0v) is 11.9. The number of nitrogens with two attached hydrogens (primary N) is 1. The number of hydrogen-bond donors (Lipinski definition) is 1. The summed E-state index contributed by atoms with van der Waals surface area (Å²) in [4.78, 5) is 0. The highest BCUT2D eigenvalue weighted by Crippen LogP contribution is 2.38. The first-order chi connectivity index (χ1) is 8.04. The van der Waals surface area contributed by atoms with Crippen molar-refractivity contribution in [3.8, 4) is 0 Å². The fraction of sp³-hybridized carbons (Fsp3) is 1.00. The van der Waals surface area contributed by atoms with Crippen molar-refractivity contribution in [2.75, 3.05) is 18.1 Å².